The molecule has 0 saturated carbocycles. The minimum absolute atomic E-state index is 0.0488. The molecule has 5 nitrogen and oxygen atoms in total. The van der Waals surface area contributed by atoms with Gasteiger partial charge in [0.15, 0.2) is 5.78 Å². The van der Waals surface area contributed by atoms with Crippen LogP contribution in [0.1, 0.15) is 33.1 Å². The molecule has 134 valence electrons. The highest BCUT2D eigenvalue weighted by Gasteiger charge is 2.21. The molecule has 1 heterocycles. The van der Waals surface area contributed by atoms with Crippen molar-refractivity contribution in [3.63, 3.8) is 0 Å². The Balaban J connectivity index is 2.19. The Labute approximate surface area is 153 Å². The number of rotatable bonds is 6. The summed E-state index contributed by atoms with van der Waals surface area (Å²) >= 11 is 0. The highest BCUT2D eigenvalue weighted by Crippen LogP contribution is 2.24. The zero-order valence-corrected chi connectivity index (χ0v) is 15.3. The number of para-hydroxylation sites is 1. The van der Waals surface area contributed by atoms with E-state index in [0.717, 1.165) is 17.2 Å². The SMILES string of the molecule is Cc1nc(CN(C)C)n(-c2ccccc2C(=O)c2ccccc2)c1CO. The van der Waals surface area contributed by atoms with Crippen molar-refractivity contribution in [2.45, 2.75) is 20.1 Å². The van der Waals surface area contributed by atoms with Crippen molar-refractivity contribution in [1.29, 1.82) is 0 Å². The number of aliphatic hydroxyl groups excluding tert-OH is 1. The second kappa shape index (κ2) is 7.64. The molecule has 0 aliphatic heterocycles. The fourth-order valence-corrected chi connectivity index (χ4v) is 3.09. The van der Waals surface area contributed by atoms with Crippen molar-refractivity contribution in [1.82, 2.24) is 14.5 Å². The van der Waals surface area contributed by atoms with Gasteiger partial charge in [-0.1, -0.05) is 42.5 Å². The molecular formula is C21H23N3O2. The maximum absolute atomic E-state index is 13.1. The first kappa shape index (κ1) is 18.0. The summed E-state index contributed by atoms with van der Waals surface area (Å²) in [7, 11) is 3.93. The smallest absolute Gasteiger partial charge is 0.195 e. The monoisotopic (exact) mass is 349 g/mol. The lowest BCUT2D eigenvalue weighted by Gasteiger charge is -2.17. The number of aryl methyl sites for hydroxylation is 1. The summed E-state index contributed by atoms with van der Waals surface area (Å²) in [5, 5.41) is 9.90. The molecule has 1 N–H and O–H groups in total. The average molecular weight is 349 g/mol. The molecule has 0 aliphatic rings. The first-order valence-corrected chi connectivity index (χ1v) is 8.54. The van der Waals surface area contributed by atoms with Crippen LogP contribution in [-0.2, 0) is 13.2 Å². The molecule has 1 aromatic heterocycles. The summed E-state index contributed by atoms with van der Waals surface area (Å²) in [6, 6.07) is 16.7. The Kier molecular flexibility index (Phi) is 5.30. The summed E-state index contributed by atoms with van der Waals surface area (Å²) in [5.74, 6) is 0.747. The van der Waals surface area contributed by atoms with E-state index in [2.05, 4.69) is 4.98 Å². The van der Waals surface area contributed by atoms with Gasteiger partial charge in [-0.2, -0.15) is 0 Å². The van der Waals surface area contributed by atoms with Gasteiger partial charge < -0.3 is 10.0 Å². The van der Waals surface area contributed by atoms with E-state index in [1.165, 1.54) is 0 Å². The van der Waals surface area contributed by atoms with Gasteiger partial charge >= 0.3 is 0 Å². The van der Waals surface area contributed by atoms with Gasteiger partial charge in [-0.05, 0) is 33.2 Å². The van der Waals surface area contributed by atoms with Gasteiger partial charge in [-0.15, -0.1) is 0 Å². The molecule has 2 aromatic carbocycles. The van der Waals surface area contributed by atoms with Gasteiger partial charge in [0, 0.05) is 11.1 Å². The highest BCUT2D eigenvalue weighted by molar-refractivity contribution is 6.11. The lowest BCUT2D eigenvalue weighted by Crippen LogP contribution is -2.17. The number of aliphatic hydroxyl groups is 1. The second-order valence-corrected chi connectivity index (χ2v) is 6.50. The molecule has 0 unspecified atom stereocenters. The predicted molar refractivity (Wildman–Crippen MR) is 101 cm³/mol. The zero-order valence-electron chi connectivity index (χ0n) is 15.3. The van der Waals surface area contributed by atoms with E-state index in [9.17, 15) is 9.90 Å². The van der Waals surface area contributed by atoms with Crippen molar-refractivity contribution >= 4 is 5.78 Å². The first-order chi connectivity index (χ1) is 12.5. The van der Waals surface area contributed by atoms with Gasteiger partial charge in [-0.25, -0.2) is 4.98 Å². The number of nitrogens with zero attached hydrogens (tertiary/aromatic N) is 3. The van der Waals surface area contributed by atoms with Crippen LogP contribution in [0.5, 0.6) is 0 Å². The molecule has 0 saturated heterocycles. The first-order valence-electron chi connectivity index (χ1n) is 8.54. The number of carbonyl (C=O) groups is 1. The van der Waals surface area contributed by atoms with E-state index in [0.29, 0.717) is 23.4 Å². The zero-order chi connectivity index (χ0) is 18.7. The summed E-state index contributed by atoms with van der Waals surface area (Å²) in [5.41, 5.74) is 3.44. The Morgan fingerprint density at radius 1 is 1.08 bits per heavy atom. The van der Waals surface area contributed by atoms with Crippen LogP contribution in [0.3, 0.4) is 0 Å². The Morgan fingerprint density at radius 2 is 1.73 bits per heavy atom. The quantitative estimate of drug-likeness (QED) is 0.695. The molecule has 3 aromatic rings. The van der Waals surface area contributed by atoms with E-state index < -0.39 is 0 Å². The molecular weight excluding hydrogens is 326 g/mol. The van der Waals surface area contributed by atoms with Crippen LogP contribution in [0, 0.1) is 6.92 Å². The number of aromatic nitrogens is 2. The van der Waals surface area contributed by atoms with Crippen molar-refractivity contribution in [2.75, 3.05) is 14.1 Å². The normalized spacial score (nSPS) is 11.1. The fourth-order valence-electron chi connectivity index (χ4n) is 3.09. The van der Waals surface area contributed by atoms with Gasteiger partial charge in [-0.3, -0.25) is 9.36 Å². The standard InChI is InChI=1S/C21H23N3O2/c1-15-19(14-25)24(20(22-15)13-23(2)3)18-12-8-7-11-17(18)21(26)16-9-5-4-6-10-16/h4-12,25H,13-14H2,1-3H3. The molecule has 0 radical (unpaired) electrons. The van der Waals surface area contributed by atoms with Crippen LogP contribution in [0.25, 0.3) is 5.69 Å². The van der Waals surface area contributed by atoms with Crippen LogP contribution in [0.4, 0.5) is 0 Å². The number of imidazole rings is 1. The van der Waals surface area contributed by atoms with Crippen LogP contribution < -0.4 is 0 Å². The molecule has 0 spiro atoms. The number of hydrogen-bond donors (Lipinski definition) is 1. The third-order valence-electron chi connectivity index (χ3n) is 4.28. The molecule has 0 amide bonds. The largest absolute Gasteiger partial charge is 0.390 e. The number of ketones is 1. The Morgan fingerprint density at radius 3 is 2.38 bits per heavy atom. The lowest BCUT2D eigenvalue weighted by molar-refractivity contribution is 0.103. The number of benzene rings is 2. The van der Waals surface area contributed by atoms with E-state index in [1.807, 2.05) is 85.1 Å². The summed E-state index contributed by atoms with van der Waals surface area (Å²) in [4.78, 5) is 19.7. The molecule has 0 fully saturated rings. The van der Waals surface area contributed by atoms with Crippen LogP contribution >= 0.6 is 0 Å². The fraction of sp³-hybridized carbons (Fsp3) is 0.238. The highest BCUT2D eigenvalue weighted by atomic mass is 16.3. The predicted octanol–water partition coefficient (Wildman–Crippen LogP) is 2.97. The summed E-state index contributed by atoms with van der Waals surface area (Å²) < 4.78 is 1.91. The van der Waals surface area contributed by atoms with Crippen molar-refractivity contribution in [2.24, 2.45) is 0 Å². The third kappa shape index (κ3) is 3.45. The Hall–Kier alpha value is -2.76. The number of carbonyl (C=O) groups excluding carboxylic acids is 1. The van der Waals surface area contributed by atoms with E-state index in [4.69, 9.17) is 0 Å². The van der Waals surface area contributed by atoms with Crippen molar-refractivity contribution in [3.8, 4) is 5.69 Å². The maximum atomic E-state index is 13.1. The van der Waals surface area contributed by atoms with Gasteiger partial charge in [0.1, 0.15) is 5.82 Å². The molecule has 0 atom stereocenters. The van der Waals surface area contributed by atoms with Crippen LogP contribution in [0.15, 0.2) is 54.6 Å². The minimum Gasteiger partial charge on any atom is -0.390 e. The van der Waals surface area contributed by atoms with Crippen LogP contribution in [-0.4, -0.2) is 39.4 Å². The van der Waals surface area contributed by atoms with Crippen LogP contribution in [0.2, 0.25) is 0 Å². The average Bonchev–Trinajstić information content (AvgIpc) is 2.95. The van der Waals surface area contributed by atoms with Gasteiger partial charge in [0.2, 0.25) is 0 Å². The molecule has 0 aliphatic carbocycles. The van der Waals surface area contributed by atoms with E-state index in [-0.39, 0.29) is 12.4 Å². The van der Waals surface area contributed by atoms with Crippen molar-refractivity contribution < 1.29 is 9.90 Å². The Bertz CT molecular complexity index is 914. The molecule has 26 heavy (non-hydrogen) atoms. The maximum Gasteiger partial charge on any atom is 0.195 e. The molecule has 0 bridgehead atoms. The number of hydrogen-bond acceptors (Lipinski definition) is 4. The molecule has 3 rings (SSSR count). The topological polar surface area (TPSA) is 58.4 Å². The van der Waals surface area contributed by atoms with E-state index >= 15 is 0 Å². The second-order valence-electron chi connectivity index (χ2n) is 6.50. The summed E-state index contributed by atoms with van der Waals surface area (Å²) in [6.45, 7) is 2.34. The lowest BCUT2D eigenvalue weighted by atomic mass is 10.0. The van der Waals surface area contributed by atoms with Gasteiger partial charge in [0.25, 0.3) is 0 Å². The third-order valence-corrected chi connectivity index (χ3v) is 4.28. The summed E-state index contributed by atoms with van der Waals surface area (Å²) in [6.07, 6.45) is 0. The van der Waals surface area contributed by atoms with E-state index in [1.54, 1.807) is 0 Å². The van der Waals surface area contributed by atoms with Gasteiger partial charge in [0.05, 0.1) is 30.2 Å². The minimum atomic E-state index is -0.139. The van der Waals surface area contributed by atoms with Crippen molar-refractivity contribution in [3.05, 3.63) is 82.9 Å². The molecule has 5 heteroatoms.